The largest absolute Gasteiger partial charge is 0.508 e. The Morgan fingerprint density at radius 3 is 2.76 bits per heavy atom. The van der Waals surface area contributed by atoms with Crippen LogP contribution in [0.15, 0.2) is 41.5 Å². The highest BCUT2D eigenvalue weighted by Crippen LogP contribution is 2.38. The Labute approximate surface area is 145 Å². The highest BCUT2D eigenvalue weighted by molar-refractivity contribution is 5.96. The van der Waals surface area contributed by atoms with Gasteiger partial charge >= 0.3 is 0 Å². The van der Waals surface area contributed by atoms with Gasteiger partial charge in [-0.3, -0.25) is 4.79 Å². The van der Waals surface area contributed by atoms with Crippen molar-refractivity contribution < 1.29 is 9.84 Å². The molecule has 2 N–H and O–H groups in total. The molecule has 2 heterocycles. The predicted molar refractivity (Wildman–Crippen MR) is 98.1 cm³/mol. The van der Waals surface area contributed by atoms with Gasteiger partial charge in [0.05, 0.1) is 6.10 Å². The number of rotatable bonds is 3. The summed E-state index contributed by atoms with van der Waals surface area (Å²) in [5.74, 6) is 0.939. The molecule has 5 nitrogen and oxygen atoms in total. The molecule has 0 spiro atoms. The predicted octanol–water partition coefficient (Wildman–Crippen LogP) is 3.95. The molecule has 130 valence electrons. The van der Waals surface area contributed by atoms with E-state index in [1.807, 2.05) is 12.1 Å². The molecule has 1 saturated carbocycles. The molecule has 25 heavy (non-hydrogen) atoms. The summed E-state index contributed by atoms with van der Waals surface area (Å²) in [7, 11) is 1.73. The minimum Gasteiger partial charge on any atom is -0.508 e. The van der Waals surface area contributed by atoms with Gasteiger partial charge in [-0.15, -0.1) is 0 Å². The second kappa shape index (κ2) is 6.31. The summed E-state index contributed by atoms with van der Waals surface area (Å²) >= 11 is 0. The monoisotopic (exact) mass is 338 g/mol. The lowest BCUT2D eigenvalue weighted by atomic mass is 9.97. The third-order valence-corrected chi connectivity index (χ3v) is 4.99. The van der Waals surface area contributed by atoms with Crippen molar-refractivity contribution in [3.05, 3.63) is 47.0 Å². The van der Waals surface area contributed by atoms with E-state index in [2.05, 4.69) is 4.98 Å². The summed E-state index contributed by atoms with van der Waals surface area (Å²) in [5.41, 5.74) is 2.18. The molecular formula is C20H22N2O3. The number of nitrogens with zero attached hydrogens (tertiary/aromatic N) is 1. The van der Waals surface area contributed by atoms with Gasteiger partial charge in [0.2, 0.25) is 0 Å². The molecule has 0 bridgehead atoms. The van der Waals surface area contributed by atoms with E-state index in [0.717, 1.165) is 35.1 Å². The third kappa shape index (κ3) is 2.90. The first-order valence-electron chi connectivity index (χ1n) is 8.80. The first-order chi connectivity index (χ1) is 12.1. The zero-order valence-corrected chi connectivity index (χ0v) is 14.3. The lowest BCUT2D eigenvalue weighted by molar-refractivity contribution is 0.155. The lowest BCUT2D eigenvalue weighted by Gasteiger charge is -2.24. The molecule has 5 heteroatoms. The van der Waals surface area contributed by atoms with Crippen molar-refractivity contribution in [2.24, 2.45) is 7.05 Å². The molecule has 0 radical (unpaired) electrons. The molecule has 1 aromatic carbocycles. The SMILES string of the molecule is Cn1cc(-c2cc(O)ccc2OC2CCCCC2)c2cc[nH]c2c1=O. The summed E-state index contributed by atoms with van der Waals surface area (Å²) in [6.45, 7) is 0. The Bertz CT molecular complexity index is 965. The Kier molecular flexibility index (Phi) is 3.99. The average molecular weight is 338 g/mol. The molecule has 0 unspecified atom stereocenters. The average Bonchev–Trinajstić information content (AvgIpc) is 3.11. The van der Waals surface area contributed by atoms with Gasteiger partial charge in [-0.25, -0.2) is 0 Å². The van der Waals surface area contributed by atoms with Crippen molar-refractivity contribution in [1.29, 1.82) is 0 Å². The molecule has 3 aromatic rings. The highest BCUT2D eigenvalue weighted by atomic mass is 16.5. The number of ether oxygens (including phenoxy) is 1. The maximum Gasteiger partial charge on any atom is 0.274 e. The van der Waals surface area contributed by atoms with Crippen LogP contribution in [0, 0.1) is 0 Å². The van der Waals surface area contributed by atoms with E-state index >= 15 is 0 Å². The number of hydrogen-bond acceptors (Lipinski definition) is 3. The molecule has 1 aliphatic carbocycles. The normalized spacial score (nSPS) is 15.6. The van der Waals surface area contributed by atoms with Gasteiger partial charge < -0.3 is 19.4 Å². The molecule has 0 amide bonds. The van der Waals surface area contributed by atoms with E-state index in [-0.39, 0.29) is 17.4 Å². The number of nitrogens with one attached hydrogen (secondary N) is 1. The smallest absolute Gasteiger partial charge is 0.274 e. The zero-order chi connectivity index (χ0) is 17.4. The van der Waals surface area contributed by atoms with Crippen molar-refractivity contribution in [3.8, 4) is 22.6 Å². The van der Waals surface area contributed by atoms with E-state index in [1.54, 1.807) is 36.1 Å². The van der Waals surface area contributed by atoms with E-state index in [1.165, 1.54) is 19.3 Å². The fourth-order valence-corrected chi connectivity index (χ4v) is 3.68. The number of phenolic OH excluding ortho intramolecular Hbond substituents is 1. The minimum absolute atomic E-state index is 0.0707. The van der Waals surface area contributed by atoms with Crippen molar-refractivity contribution in [3.63, 3.8) is 0 Å². The quantitative estimate of drug-likeness (QED) is 0.760. The fraction of sp³-hybridized carbons (Fsp3) is 0.350. The van der Waals surface area contributed by atoms with E-state index in [4.69, 9.17) is 4.74 Å². The highest BCUT2D eigenvalue weighted by Gasteiger charge is 2.19. The first kappa shape index (κ1) is 15.8. The number of phenols is 1. The van der Waals surface area contributed by atoms with Crippen LogP contribution in [-0.2, 0) is 7.05 Å². The van der Waals surface area contributed by atoms with Crippen LogP contribution >= 0.6 is 0 Å². The number of aromatic hydroxyl groups is 1. The number of hydrogen-bond donors (Lipinski definition) is 2. The van der Waals surface area contributed by atoms with E-state index in [0.29, 0.717) is 5.52 Å². The minimum atomic E-state index is -0.0707. The Hall–Kier alpha value is -2.69. The van der Waals surface area contributed by atoms with Gasteiger partial charge in [0, 0.05) is 36.0 Å². The molecule has 1 fully saturated rings. The van der Waals surface area contributed by atoms with Crippen LogP contribution in [0.5, 0.6) is 11.5 Å². The third-order valence-electron chi connectivity index (χ3n) is 4.99. The van der Waals surface area contributed by atoms with Gasteiger partial charge in [0.15, 0.2) is 0 Å². The number of aromatic amines is 1. The Morgan fingerprint density at radius 1 is 1.16 bits per heavy atom. The summed E-state index contributed by atoms with van der Waals surface area (Å²) in [6.07, 6.45) is 9.57. The fourth-order valence-electron chi connectivity index (χ4n) is 3.68. The Balaban J connectivity index is 1.85. The number of H-pyrrole nitrogens is 1. The number of aryl methyl sites for hydroxylation is 1. The van der Waals surface area contributed by atoms with Crippen LogP contribution in [0.2, 0.25) is 0 Å². The van der Waals surface area contributed by atoms with Crippen LogP contribution in [0.25, 0.3) is 22.0 Å². The van der Waals surface area contributed by atoms with Crippen molar-refractivity contribution in [2.45, 2.75) is 38.2 Å². The second-order valence-corrected chi connectivity index (χ2v) is 6.78. The van der Waals surface area contributed by atoms with Crippen LogP contribution in [0.1, 0.15) is 32.1 Å². The van der Waals surface area contributed by atoms with Crippen molar-refractivity contribution >= 4 is 10.9 Å². The molecule has 0 atom stereocenters. The lowest BCUT2D eigenvalue weighted by Crippen LogP contribution is -2.20. The topological polar surface area (TPSA) is 67.2 Å². The van der Waals surface area contributed by atoms with Crippen LogP contribution < -0.4 is 10.3 Å². The van der Waals surface area contributed by atoms with Gasteiger partial charge in [-0.2, -0.15) is 0 Å². The van der Waals surface area contributed by atoms with Gasteiger partial charge in [0.1, 0.15) is 17.0 Å². The first-order valence-corrected chi connectivity index (χ1v) is 8.80. The van der Waals surface area contributed by atoms with Crippen LogP contribution in [-0.4, -0.2) is 20.8 Å². The number of aromatic nitrogens is 2. The summed E-state index contributed by atoms with van der Waals surface area (Å²) in [6, 6.07) is 7.08. The van der Waals surface area contributed by atoms with Gasteiger partial charge in [-0.1, -0.05) is 6.42 Å². The summed E-state index contributed by atoms with van der Waals surface area (Å²) in [4.78, 5) is 15.3. The molecule has 0 aliphatic heterocycles. The number of benzene rings is 1. The van der Waals surface area contributed by atoms with Crippen LogP contribution in [0.3, 0.4) is 0 Å². The van der Waals surface area contributed by atoms with E-state index in [9.17, 15) is 9.90 Å². The zero-order valence-electron chi connectivity index (χ0n) is 14.3. The standard InChI is InChI=1S/C20H22N2O3/c1-22-12-17(15-9-10-21-19(15)20(22)24)16-11-13(23)7-8-18(16)25-14-5-3-2-4-6-14/h7-12,14,21,23H,2-6H2,1H3. The maximum absolute atomic E-state index is 12.3. The van der Waals surface area contributed by atoms with E-state index < -0.39 is 0 Å². The molecule has 2 aromatic heterocycles. The van der Waals surface area contributed by atoms with Crippen LogP contribution in [0.4, 0.5) is 0 Å². The van der Waals surface area contributed by atoms with Gasteiger partial charge in [0.25, 0.3) is 5.56 Å². The number of fused-ring (bicyclic) bond motifs is 1. The summed E-state index contributed by atoms with van der Waals surface area (Å²) in [5, 5.41) is 10.9. The number of pyridine rings is 1. The molecular weight excluding hydrogens is 316 g/mol. The second-order valence-electron chi connectivity index (χ2n) is 6.78. The van der Waals surface area contributed by atoms with Crippen molar-refractivity contribution in [1.82, 2.24) is 9.55 Å². The Morgan fingerprint density at radius 2 is 1.96 bits per heavy atom. The van der Waals surface area contributed by atoms with Crippen molar-refractivity contribution in [2.75, 3.05) is 0 Å². The maximum atomic E-state index is 12.3. The summed E-state index contributed by atoms with van der Waals surface area (Å²) < 4.78 is 7.84. The molecule has 1 aliphatic rings. The molecule has 0 saturated heterocycles. The van der Waals surface area contributed by atoms with Gasteiger partial charge in [-0.05, 0) is 49.9 Å². The molecule has 4 rings (SSSR count).